The van der Waals surface area contributed by atoms with Crippen molar-refractivity contribution in [3.8, 4) is 0 Å². The highest BCUT2D eigenvalue weighted by molar-refractivity contribution is 5.93. The van der Waals surface area contributed by atoms with Crippen LogP contribution in [0.2, 0.25) is 0 Å². The van der Waals surface area contributed by atoms with Gasteiger partial charge in [-0.05, 0) is 26.7 Å². The lowest BCUT2D eigenvalue weighted by Crippen LogP contribution is -2.45. The molecule has 1 saturated carbocycles. The van der Waals surface area contributed by atoms with Crippen molar-refractivity contribution < 1.29 is 9.53 Å². The Balaban J connectivity index is 1.80. The number of nitrogens with zero attached hydrogens (tertiary/aromatic N) is 2. The third-order valence-corrected chi connectivity index (χ3v) is 4.35. The van der Waals surface area contributed by atoms with Gasteiger partial charge < -0.3 is 14.6 Å². The van der Waals surface area contributed by atoms with E-state index in [0.717, 1.165) is 24.7 Å². The van der Waals surface area contributed by atoms with E-state index in [0.29, 0.717) is 18.8 Å². The van der Waals surface area contributed by atoms with Crippen LogP contribution in [0.5, 0.6) is 0 Å². The molecule has 1 N–H and O–H groups in total. The van der Waals surface area contributed by atoms with Gasteiger partial charge in [-0.3, -0.25) is 4.79 Å². The summed E-state index contributed by atoms with van der Waals surface area (Å²) in [6.07, 6.45) is 3.61. The Labute approximate surface area is 113 Å². The summed E-state index contributed by atoms with van der Waals surface area (Å²) >= 11 is 0. The molecule has 0 aromatic carbocycles. The van der Waals surface area contributed by atoms with E-state index in [1.807, 2.05) is 18.7 Å². The molecule has 104 valence electrons. The van der Waals surface area contributed by atoms with Gasteiger partial charge in [-0.25, -0.2) is 4.98 Å². The molecule has 0 atom stereocenters. The van der Waals surface area contributed by atoms with Crippen LogP contribution in [0.15, 0.2) is 0 Å². The molecule has 1 aromatic heterocycles. The van der Waals surface area contributed by atoms with Crippen molar-refractivity contribution in [2.75, 3.05) is 26.3 Å². The maximum absolute atomic E-state index is 12.6. The number of imidazole rings is 1. The van der Waals surface area contributed by atoms with Gasteiger partial charge >= 0.3 is 0 Å². The van der Waals surface area contributed by atoms with Gasteiger partial charge in [0.2, 0.25) is 0 Å². The molecule has 0 radical (unpaired) electrons. The number of aromatic nitrogens is 2. The van der Waals surface area contributed by atoms with Gasteiger partial charge in [0.1, 0.15) is 11.5 Å². The Morgan fingerprint density at radius 2 is 2.21 bits per heavy atom. The van der Waals surface area contributed by atoms with Crippen LogP contribution in [0.4, 0.5) is 0 Å². The number of nitrogens with one attached hydrogen (secondary N) is 1. The summed E-state index contributed by atoms with van der Waals surface area (Å²) in [5.74, 6) is 0.837. The van der Waals surface area contributed by atoms with E-state index in [2.05, 4.69) is 9.97 Å². The van der Waals surface area contributed by atoms with E-state index >= 15 is 0 Å². The third-order valence-electron chi connectivity index (χ3n) is 4.35. The number of aryl methyl sites for hydroxylation is 2. The van der Waals surface area contributed by atoms with Crippen LogP contribution in [0.25, 0.3) is 0 Å². The predicted molar refractivity (Wildman–Crippen MR) is 71.1 cm³/mol. The summed E-state index contributed by atoms with van der Waals surface area (Å²) in [6.45, 7) is 6.71. The van der Waals surface area contributed by atoms with Gasteiger partial charge in [0.25, 0.3) is 5.91 Å². The number of aromatic amines is 1. The molecule has 2 fully saturated rings. The largest absolute Gasteiger partial charge is 0.379 e. The fraction of sp³-hybridized carbons (Fsp3) is 0.714. The normalized spacial score (nSPS) is 22.1. The zero-order chi connectivity index (χ0) is 13.5. The standard InChI is InChI=1S/C14H21N3O2/c1-10-12(16-11(2)15-10)13(18)17-6-7-19-9-14(8-17)4-3-5-14/h3-9H2,1-2H3,(H,15,16). The number of rotatable bonds is 1. The molecule has 3 rings (SSSR count). The summed E-state index contributed by atoms with van der Waals surface area (Å²) in [7, 11) is 0. The molecule has 2 heterocycles. The lowest BCUT2D eigenvalue weighted by atomic mass is 9.69. The van der Waals surface area contributed by atoms with Crippen LogP contribution in [-0.4, -0.2) is 47.1 Å². The summed E-state index contributed by atoms with van der Waals surface area (Å²) in [4.78, 5) is 21.9. The minimum atomic E-state index is 0.0404. The van der Waals surface area contributed by atoms with Crippen LogP contribution >= 0.6 is 0 Å². The first-order valence-corrected chi connectivity index (χ1v) is 7.00. The van der Waals surface area contributed by atoms with E-state index in [-0.39, 0.29) is 11.3 Å². The summed E-state index contributed by atoms with van der Waals surface area (Å²) in [5.41, 5.74) is 1.63. The minimum Gasteiger partial charge on any atom is -0.379 e. The van der Waals surface area contributed by atoms with Gasteiger partial charge in [0.15, 0.2) is 0 Å². The molecule has 1 saturated heterocycles. The highest BCUT2D eigenvalue weighted by atomic mass is 16.5. The fourth-order valence-corrected chi connectivity index (χ4v) is 3.11. The monoisotopic (exact) mass is 263 g/mol. The Hall–Kier alpha value is -1.36. The molecule has 1 aliphatic carbocycles. The highest BCUT2D eigenvalue weighted by Crippen LogP contribution is 2.42. The Morgan fingerprint density at radius 1 is 1.42 bits per heavy atom. The average Bonchev–Trinajstić information content (AvgIpc) is 2.57. The van der Waals surface area contributed by atoms with Gasteiger partial charge in [-0.15, -0.1) is 0 Å². The van der Waals surface area contributed by atoms with E-state index in [1.54, 1.807) is 0 Å². The quantitative estimate of drug-likeness (QED) is 0.838. The average molecular weight is 263 g/mol. The van der Waals surface area contributed by atoms with Gasteiger partial charge in [-0.2, -0.15) is 0 Å². The lowest BCUT2D eigenvalue weighted by Gasteiger charge is -2.42. The first kappa shape index (κ1) is 12.7. The molecule has 2 aliphatic rings. The number of hydrogen-bond donors (Lipinski definition) is 1. The number of ether oxygens (including phenoxy) is 1. The molecule has 1 amide bonds. The SMILES string of the molecule is Cc1nc(C(=O)N2CCOCC3(CCC3)C2)c(C)[nH]1. The Kier molecular flexibility index (Phi) is 3.09. The van der Waals surface area contributed by atoms with Gasteiger partial charge in [0.05, 0.1) is 13.2 Å². The molecule has 5 heteroatoms. The van der Waals surface area contributed by atoms with Gasteiger partial charge in [0, 0.05) is 24.2 Å². The fourth-order valence-electron chi connectivity index (χ4n) is 3.11. The van der Waals surface area contributed by atoms with Crippen molar-refractivity contribution >= 4 is 5.91 Å². The molecule has 1 aliphatic heterocycles. The lowest BCUT2D eigenvalue weighted by molar-refractivity contribution is 0.0103. The number of amides is 1. The van der Waals surface area contributed by atoms with Crippen molar-refractivity contribution in [2.24, 2.45) is 5.41 Å². The second-order valence-electron chi connectivity index (χ2n) is 5.93. The van der Waals surface area contributed by atoms with Crippen LogP contribution in [0.3, 0.4) is 0 Å². The zero-order valence-corrected chi connectivity index (χ0v) is 11.7. The Bertz CT molecular complexity index is 491. The van der Waals surface area contributed by atoms with E-state index in [1.165, 1.54) is 19.3 Å². The van der Waals surface area contributed by atoms with Crippen LogP contribution in [-0.2, 0) is 4.74 Å². The number of hydrogen-bond acceptors (Lipinski definition) is 3. The molecule has 0 bridgehead atoms. The molecular formula is C14H21N3O2. The number of carbonyl (C=O) groups excluding carboxylic acids is 1. The van der Waals surface area contributed by atoms with Crippen molar-refractivity contribution in [3.63, 3.8) is 0 Å². The van der Waals surface area contributed by atoms with Crippen LogP contribution < -0.4 is 0 Å². The van der Waals surface area contributed by atoms with E-state index < -0.39 is 0 Å². The first-order valence-electron chi connectivity index (χ1n) is 7.00. The molecule has 5 nitrogen and oxygen atoms in total. The molecule has 1 aromatic rings. The van der Waals surface area contributed by atoms with Crippen molar-refractivity contribution in [2.45, 2.75) is 33.1 Å². The van der Waals surface area contributed by atoms with Crippen molar-refractivity contribution in [1.82, 2.24) is 14.9 Å². The van der Waals surface area contributed by atoms with Gasteiger partial charge in [-0.1, -0.05) is 6.42 Å². The Morgan fingerprint density at radius 3 is 2.79 bits per heavy atom. The van der Waals surface area contributed by atoms with E-state index in [4.69, 9.17) is 4.74 Å². The second-order valence-corrected chi connectivity index (χ2v) is 5.93. The topological polar surface area (TPSA) is 58.2 Å². The first-order chi connectivity index (χ1) is 9.10. The minimum absolute atomic E-state index is 0.0404. The maximum Gasteiger partial charge on any atom is 0.274 e. The predicted octanol–water partition coefficient (Wildman–Crippen LogP) is 1.67. The molecule has 0 unspecified atom stereocenters. The molecule has 1 spiro atoms. The summed E-state index contributed by atoms with van der Waals surface area (Å²) < 4.78 is 5.68. The van der Waals surface area contributed by atoms with Crippen molar-refractivity contribution in [1.29, 1.82) is 0 Å². The molecule has 19 heavy (non-hydrogen) atoms. The molecular weight excluding hydrogens is 242 g/mol. The zero-order valence-electron chi connectivity index (χ0n) is 11.7. The van der Waals surface area contributed by atoms with Crippen molar-refractivity contribution in [3.05, 3.63) is 17.2 Å². The number of carbonyl (C=O) groups is 1. The smallest absolute Gasteiger partial charge is 0.274 e. The summed E-state index contributed by atoms with van der Waals surface area (Å²) in [5, 5.41) is 0. The second kappa shape index (κ2) is 4.63. The summed E-state index contributed by atoms with van der Waals surface area (Å²) in [6, 6.07) is 0. The van der Waals surface area contributed by atoms with Crippen LogP contribution in [0, 0.1) is 19.3 Å². The van der Waals surface area contributed by atoms with E-state index in [9.17, 15) is 4.79 Å². The highest BCUT2D eigenvalue weighted by Gasteiger charge is 2.41. The third kappa shape index (κ3) is 2.27. The van der Waals surface area contributed by atoms with Crippen LogP contribution in [0.1, 0.15) is 41.3 Å². The maximum atomic E-state index is 12.6. The number of H-pyrrole nitrogens is 1.